The van der Waals surface area contributed by atoms with Gasteiger partial charge in [0.1, 0.15) is 16.3 Å². The number of rotatable bonds is 8. The summed E-state index contributed by atoms with van der Waals surface area (Å²) in [5, 5.41) is 11.6. The zero-order valence-electron chi connectivity index (χ0n) is 26.5. The van der Waals surface area contributed by atoms with Gasteiger partial charge in [0.2, 0.25) is 11.8 Å². The van der Waals surface area contributed by atoms with Crippen LogP contribution in [0.2, 0.25) is 0 Å². The second-order valence-electron chi connectivity index (χ2n) is 12.3. The molecule has 2 saturated heterocycles. The Kier molecular flexibility index (Phi) is 8.70. The van der Waals surface area contributed by atoms with E-state index in [1.165, 1.54) is 5.56 Å². The molecule has 0 aliphatic carbocycles. The number of nitrogens with one attached hydrogen (secondary N) is 2. The van der Waals surface area contributed by atoms with Crippen LogP contribution in [0.4, 0.5) is 5.69 Å². The number of amides is 2. The number of nitrogens with zero attached hydrogens (tertiary/aromatic N) is 7. The van der Waals surface area contributed by atoms with Crippen molar-refractivity contribution in [1.82, 2.24) is 39.9 Å². The van der Waals surface area contributed by atoms with Crippen LogP contribution in [0.25, 0.3) is 33.7 Å². The van der Waals surface area contributed by atoms with E-state index in [0.717, 1.165) is 53.9 Å². The second kappa shape index (κ2) is 13.2. The van der Waals surface area contributed by atoms with Crippen molar-refractivity contribution in [3.05, 3.63) is 84.6 Å². The molecule has 2 aliphatic rings. The number of aromatic nitrogens is 6. The minimum Gasteiger partial charge on any atom is -0.342 e. The lowest BCUT2D eigenvalue weighted by molar-refractivity contribution is -0.133. The predicted octanol–water partition coefficient (Wildman–Crippen LogP) is 4.94. The average Bonchev–Trinajstić information content (AvgIpc) is 3.73. The Morgan fingerprint density at radius 2 is 1.79 bits per heavy atom. The van der Waals surface area contributed by atoms with Crippen LogP contribution >= 0.6 is 11.8 Å². The first kappa shape index (κ1) is 30.9. The molecule has 0 unspecified atom stereocenters. The normalized spacial score (nSPS) is 18.9. The molecule has 2 amide bonds. The fourth-order valence-corrected chi connectivity index (χ4v) is 7.51. The van der Waals surface area contributed by atoms with E-state index < -0.39 is 4.75 Å². The van der Waals surface area contributed by atoms with E-state index in [-0.39, 0.29) is 11.8 Å². The van der Waals surface area contributed by atoms with Gasteiger partial charge in [0.25, 0.3) is 0 Å². The van der Waals surface area contributed by atoms with Gasteiger partial charge in [-0.15, -0.1) is 11.8 Å². The number of H-pyrrole nitrogens is 1. The molecule has 2 aromatic carbocycles. The van der Waals surface area contributed by atoms with Crippen LogP contribution in [-0.2, 0) is 9.59 Å². The molecule has 5 heterocycles. The molecular formula is C35H37N9O2S. The molecule has 2 fully saturated rings. The quantitative estimate of drug-likeness (QED) is 0.240. The molecule has 0 saturated carbocycles. The Labute approximate surface area is 277 Å². The Balaban J connectivity index is 0.941. The third kappa shape index (κ3) is 6.48. The Bertz CT molecular complexity index is 1890. The van der Waals surface area contributed by atoms with Gasteiger partial charge in [-0.1, -0.05) is 24.3 Å². The van der Waals surface area contributed by atoms with E-state index in [9.17, 15) is 9.59 Å². The number of likely N-dealkylation sites (tertiary alicyclic amines) is 2. The van der Waals surface area contributed by atoms with Crippen molar-refractivity contribution in [1.29, 1.82) is 0 Å². The number of aryl methyl sites for hydroxylation is 1. The Morgan fingerprint density at radius 1 is 1.00 bits per heavy atom. The summed E-state index contributed by atoms with van der Waals surface area (Å²) in [6.07, 6.45) is 9.74. The maximum Gasteiger partial charge on any atom is 0.241 e. The van der Waals surface area contributed by atoms with E-state index in [0.29, 0.717) is 49.2 Å². The van der Waals surface area contributed by atoms with E-state index in [4.69, 9.17) is 0 Å². The van der Waals surface area contributed by atoms with Crippen molar-refractivity contribution in [3.63, 3.8) is 0 Å². The molecule has 7 rings (SSSR count). The standard InChI is InChI=1S/C35H37N9O2S/c1-23-36-16-10-30(39-23)32-28-20-27(8-9-29(28)41-42-32)40-34(46)35(47-2)13-19-43(22-35)21-31(45)44-17-11-25(12-18-44)24-4-6-26(7-5-24)33-37-14-3-15-38-33/h3-10,14-16,20,25H,11-13,17-19,21-22H2,1-2H3,(H,40,46)(H,41,42)/t35-/m0/s1. The first-order valence-corrected chi connectivity index (χ1v) is 17.2. The van der Waals surface area contributed by atoms with E-state index >= 15 is 0 Å². The highest BCUT2D eigenvalue weighted by Crippen LogP contribution is 2.36. The highest BCUT2D eigenvalue weighted by molar-refractivity contribution is 8.00. The molecule has 240 valence electrons. The lowest BCUT2D eigenvalue weighted by Crippen LogP contribution is -2.46. The molecule has 11 nitrogen and oxygen atoms in total. The minimum absolute atomic E-state index is 0.0483. The SMILES string of the molecule is CS[C@@]1(C(=O)Nc2ccc3[nH]nc(-c4ccnc(C)n4)c3c2)CCN(CC(=O)N2CCC(c3ccc(-c4ncccn4)cc3)CC2)C1. The number of hydrogen-bond donors (Lipinski definition) is 2. The molecule has 12 heteroatoms. The second-order valence-corrected chi connectivity index (χ2v) is 13.5. The van der Waals surface area contributed by atoms with E-state index in [1.807, 2.05) is 48.4 Å². The topological polar surface area (TPSA) is 133 Å². The van der Waals surface area contributed by atoms with Crippen molar-refractivity contribution in [2.75, 3.05) is 44.3 Å². The molecule has 0 spiro atoms. The van der Waals surface area contributed by atoms with Crippen LogP contribution in [-0.4, -0.2) is 95.5 Å². The Morgan fingerprint density at radius 3 is 2.53 bits per heavy atom. The summed E-state index contributed by atoms with van der Waals surface area (Å²) in [5.41, 5.74) is 5.29. The molecule has 2 N–H and O–H groups in total. The van der Waals surface area contributed by atoms with Gasteiger partial charge in [0, 0.05) is 61.4 Å². The monoisotopic (exact) mass is 647 g/mol. The lowest BCUT2D eigenvalue weighted by Gasteiger charge is -2.33. The largest absolute Gasteiger partial charge is 0.342 e. The van der Waals surface area contributed by atoms with Crippen LogP contribution < -0.4 is 5.32 Å². The predicted molar refractivity (Wildman–Crippen MR) is 184 cm³/mol. The molecular weight excluding hydrogens is 611 g/mol. The number of thioether (sulfide) groups is 1. The number of hydrogen-bond acceptors (Lipinski definition) is 9. The van der Waals surface area contributed by atoms with Gasteiger partial charge in [0.15, 0.2) is 5.82 Å². The van der Waals surface area contributed by atoms with Crippen LogP contribution in [0.3, 0.4) is 0 Å². The zero-order valence-corrected chi connectivity index (χ0v) is 27.3. The zero-order chi connectivity index (χ0) is 32.4. The van der Waals surface area contributed by atoms with Crippen molar-refractivity contribution in [3.8, 4) is 22.8 Å². The summed E-state index contributed by atoms with van der Waals surface area (Å²) < 4.78 is -0.637. The van der Waals surface area contributed by atoms with Crippen LogP contribution in [0.1, 0.15) is 36.6 Å². The van der Waals surface area contributed by atoms with Gasteiger partial charge < -0.3 is 10.2 Å². The average molecular weight is 648 g/mol. The van der Waals surface area contributed by atoms with Gasteiger partial charge >= 0.3 is 0 Å². The van der Waals surface area contributed by atoms with Gasteiger partial charge in [-0.3, -0.25) is 19.6 Å². The number of benzene rings is 2. The third-order valence-corrected chi connectivity index (χ3v) is 10.7. The summed E-state index contributed by atoms with van der Waals surface area (Å²) in [6.45, 7) is 4.88. The molecule has 0 radical (unpaired) electrons. The maximum absolute atomic E-state index is 13.7. The Hall–Kier alpha value is -4.68. The van der Waals surface area contributed by atoms with Crippen molar-refractivity contribution < 1.29 is 9.59 Å². The molecule has 47 heavy (non-hydrogen) atoms. The van der Waals surface area contributed by atoms with Gasteiger partial charge in [0.05, 0.1) is 17.8 Å². The van der Waals surface area contributed by atoms with Crippen molar-refractivity contribution in [2.45, 2.75) is 36.9 Å². The van der Waals surface area contributed by atoms with E-state index in [2.05, 4.69) is 64.6 Å². The van der Waals surface area contributed by atoms with Gasteiger partial charge in [-0.05, 0) is 74.3 Å². The summed E-state index contributed by atoms with van der Waals surface area (Å²) in [5.74, 6) is 1.90. The fourth-order valence-electron chi connectivity index (χ4n) is 6.66. The molecule has 3 aromatic heterocycles. The molecule has 2 aliphatic heterocycles. The number of carbonyl (C=O) groups excluding carboxylic acids is 2. The summed E-state index contributed by atoms with van der Waals surface area (Å²) in [4.78, 5) is 48.6. The number of aromatic amines is 1. The maximum atomic E-state index is 13.7. The van der Waals surface area contributed by atoms with Crippen molar-refractivity contribution in [2.24, 2.45) is 0 Å². The number of fused-ring (bicyclic) bond motifs is 1. The van der Waals surface area contributed by atoms with Crippen LogP contribution in [0, 0.1) is 6.92 Å². The fraction of sp³-hybridized carbons (Fsp3) is 0.343. The van der Waals surface area contributed by atoms with Gasteiger partial charge in [-0.2, -0.15) is 5.10 Å². The van der Waals surface area contributed by atoms with E-state index in [1.54, 1.807) is 30.4 Å². The summed E-state index contributed by atoms with van der Waals surface area (Å²) >= 11 is 1.56. The smallest absolute Gasteiger partial charge is 0.241 e. The van der Waals surface area contributed by atoms with Crippen LogP contribution in [0.15, 0.2) is 73.2 Å². The van der Waals surface area contributed by atoms with Gasteiger partial charge in [-0.25, -0.2) is 19.9 Å². The highest BCUT2D eigenvalue weighted by Gasteiger charge is 2.45. The van der Waals surface area contributed by atoms with Crippen LogP contribution in [0.5, 0.6) is 0 Å². The number of anilines is 1. The molecule has 1 atom stereocenters. The molecule has 5 aromatic rings. The summed E-state index contributed by atoms with van der Waals surface area (Å²) in [7, 11) is 0. The summed E-state index contributed by atoms with van der Waals surface area (Å²) in [6, 6.07) is 17.9. The third-order valence-electron chi connectivity index (χ3n) is 9.37. The minimum atomic E-state index is -0.637. The first-order valence-electron chi connectivity index (χ1n) is 15.9. The first-order chi connectivity index (χ1) is 22.9. The number of piperidine rings is 1. The lowest BCUT2D eigenvalue weighted by atomic mass is 9.89. The molecule has 0 bridgehead atoms. The number of carbonyl (C=O) groups is 2. The van der Waals surface area contributed by atoms with Crippen molar-refractivity contribution >= 4 is 40.2 Å². The highest BCUT2D eigenvalue weighted by atomic mass is 32.2.